The molecule has 0 atom stereocenters. The monoisotopic (exact) mass is 357 g/mol. The molecular formula is C18H16BrNO2. The van der Waals surface area contributed by atoms with Gasteiger partial charge in [-0.2, -0.15) is 0 Å². The van der Waals surface area contributed by atoms with Crippen LogP contribution in [0.2, 0.25) is 0 Å². The number of aromatic hydroxyl groups is 2. The number of rotatable bonds is 2. The fraction of sp³-hybridized carbons (Fsp3) is 0.167. The second kappa shape index (κ2) is 5.61. The molecule has 0 fully saturated rings. The van der Waals surface area contributed by atoms with Crippen LogP contribution in [-0.2, 0) is 0 Å². The lowest BCUT2D eigenvalue weighted by Gasteiger charge is -2.15. The molecule has 0 saturated heterocycles. The molecule has 0 bridgehead atoms. The highest BCUT2D eigenvalue weighted by Gasteiger charge is 2.19. The summed E-state index contributed by atoms with van der Waals surface area (Å²) in [6.45, 7) is 3.85. The topological polar surface area (TPSA) is 53.4 Å². The lowest BCUT2D eigenvalue weighted by Crippen LogP contribution is -1.93. The van der Waals surface area contributed by atoms with Crippen molar-refractivity contribution in [2.75, 3.05) is 0 Å². The van der Waals surface area contributed by atoms with Crippen LogP contribution in [-0.4, -0.2) is 15.2 Å². The van der Waals surface area contributed by atoms with E-state index in [-0.39, 0.29) is 17.4 Å². The normalized spacial score (nSPS) is 11.3. The molecule has 0 aliphatic carbocycles. The van der Waals surface area contributed by atoms with Gasteiger partial charge in [0, 0.05) is 22.7 Å². The molecule has 0 aliphatic rings. The van der Waals surface area contributed by atoms with Crippen LogP contribution in [0.4, 0.5) is 0 Å². The van der Waals surface area contributed by atoms with Gasteiger partial charge < -0.3 is 10.2 Å². The number of phenolic OH excluding ortho intramolecular Hbond substituents is 2. The molecule has 0 unspecified atom stereocenters. The molecular weight excluding hydrogens is 342 g/mol. The van der Waals surface area contributed by atoms with Crippen LogP contribution in [0.1, 0.15) is 25.3 Å². The molecule has 0 spiro atoms. The third kappa shape index (κ3) is 2.44. The molecule has 3 rings (SSSR count). The molecule has 3 nitrogen and oxygen atoms in total. The van der Waals surface area contributed by atoms with Gasteiger partial charge in [-0.15, -0.1) is 0 Å². The number of nitrogens with zero attached hydrogens (tertiary/aromatic N) is 1. The molecule has 22 heavy (non-hydrogen) atoms. The van der Waals surface area contributed by atoms with Gasteiger partial charge in [0.2, 0.25) is 0 Å². The fourth-order valence-electron chi connectivity index (χ4n) is 2.63. The van der Waals surface area contributed by atoms with Crippen molar-refractivity contribution in [2.45, 2.75) is 19.8 Å². The number of halogens is 1. The van der Waals surface area contributed by atoms with Crippen molar-refractivity contribution >= 4 is 26.7 Å². The number of phenols is 2. The van der Waals surface area contributed by atoms with Crippen LogP contribution in [0.15, 0.2) is 47.1 Å². The van der Waals surface area contributed by atoms with E-state index in [0.29, 0.717) is 21.3 Å². The predicted molar refractivity (Wildman–Crippen MR) is 92.3 cm³/mol. The van der Waals surface area contributed by atoms with Gasteiger partial charge in [0.1, 0.15) is 11.5 Å². The number of hydrogen-bond acceptors (Lipinski definition) is 3. The molecule has 3 aromatic rings. The van der Waals surface area contributed by atoms with Crippen LogP contribution >= 0.6 is 15.9 Å². The van der Waals surface area contributed by atoms with Crippen molar-refractivity contribution < 1.29 is 10.2 Å². The lowest BCUT2D eigenvalue weighted by molar-refractivity contribution is 0.431. The van der Waals surface area contributed by atoms with E-state index in [9.17, 15) is 10.2 Å². The Morgan fingerprint density at radius 3 is 2.41 bits per heavy atom. The fourth-order valence-corrected chi connectivity index (χ4v) is 3.16. The molecule has 1 heterocycles. The summed E-state index contributed by atoms with van der Waals surface area (Å²) in [4.78, 5) is 4.44. The first-order valence-electron chi connectivity index (χ1n) is 7.08. The van der Waals surface area contributed by atoms with Gasteiger partial charge >= 0.3 is 0 Å². The summed E-state index contributed by atoms with van der Waals surface area (Å²) in [5.41, 5.74) is 1.91. The minimum atomic E-state index is 0.0231. The Morgan fingerprint density at radius 1 is 1.05 bits per heavy atom. The summed E-state index contributed by atoms with van der Waals surface area (Å²) in [5.74, 6) is 0.176. The average Bonchev–Trinajstić information content (AvgIpc) is 2.50. The third-order valence-corrected chi connectivity index (χ3v) is 4.54. The summed E-state index contributed by atoms with van der Waals surface area (Å²) in [5, 5.41) is 22.7. The van der Waals surface area contributed by atoms with E-state index in [1.807, 2.05) is 44.2 Å². The van der Waals surface area contributed by atoms with Gasteiger partial charge in [-0.1, -0.05) is 38.1 Å². The van der Waals surface area contributed by atoms with Crippen LogP contribution in [0, 0.1) is 0 Å². The maximum atomic E-state index is 10.4. The van der Waals surface area contributed by atoms with E-state index < -0.39 is 0 Å². The van der Waals surface area contributed by atoms with Gasteiger partial charge in [-0.3, -0.25) is 4.98 Å². The molecule has 0 amide bonds. The van der Waals surface area contributed by atoms with E-state index in [0.717, 1.165) is 10.8 Å². The van der Waals surface area contributed by atoms with Crippen LogP contribution < -0.4 is 0 Å². The molecule has 0 radical (unpaired) electrons. The minimum Gasteiger partial charge on any atom is -0.507 e. The summed E-state index contributed by atoms with van der Waals surface area (Å²) in [6.07, 6.45) is 1.79. The van der Waals surface area contributed by atoms with Crippen molar-refractivity contribution in [3.63, 3.8) is 0 Å². The molecule has 4 heteroatoms. The third-order valence-electron chi connectivity index (χ3n) is 3.74. The van der Waals surface area contributed by atoms with Gasteiger partial charge in [0.25, 0.3) is 0 Å². The van der Waals surface area contributed by atoms with Crippen molar-refractivity contribution in [2.24, 2.45) is 0 Å². The largest absolute Gasteiger partial charge is 0.507 e. The van der Waals surface area contributed by atoms with Gasteiger partial charge in [0.15, 0.2) is 0 Å². The van der Waals surface area contributed by atoms with Crippen molar-refractivity contribution in [1.29, 1.82) is 0 Å². The quantitative estimate of drug-likeness (QED) is 0.662. The van der Waals surface area contributed by atoms with Gasteiger partial charge in [0.05, 0.1) is 10.2 Å². The maximum Gasteiger partial charge on any atom is 0.137 e. The molecule has 0 aliphatic heterocycles. The maximum absolute atomic E-state index is 10.4. The number of aromatic nitrogens is 1. The van der Waals surface area contributed by atoms with Crippen molar-refractivity contribution in [1.82, 2.24) is 4.98 Å². The Bertz CT molecular complexity index is 859. The summed E-state index contributed by atoms with van der Waals surface area (Å²) in [6, 6.07) is 11.5. The zero-order valence-corrected chi connectivity index (χ0v) is 13.9. The Labute approximate surface area is 137 Å². The minimum absolute atomic E-state index is 0.0231. The number of pyridine rings is 1. The number of benzene rings is 2. The predicted octanol–water partition coefficient (Wildman–Crippen LogP) is 5.20. The van der Waals surface area contributed by atoms with Crippen molar-refractivity contribution in [3.8, 4) is 22.8 Å². The molecule has 1 aromatic heterocycles. The number of fused-ring (bicyclic) bond motifs is 1. The molecule has 2 N–H and O–H groups in total. The second-order valence-electron chi connectivity index (χ2n) is 5.59. The van der Waals surface area contributed by atoms with E-state index >= 15 is 0 Å². The standard InChI is InChI=1S/C18H16BrNO2/c1-10(2)16-15(21)8-13(17(19)18(16)22)14-7-11-5-3-4-6-12(11)9-20-14/h3-10,21-22H,1-2H3. The van der Waals surface area contributed by atoms with E-state index in [1.54, 1.807) is 12.3 Å². The Kier molecular flexibility index (Phi) is 3.79. The summed E-state index contributed by atoms with van der Waals surface area (Å²) < 4.78 is 0.553. The first-order valence-corrected chi connectivity index (χ1v) is 7.88. The molecule has 112 valence electrons. The first-order chi connectivity index (χ1) is 10.5. The Morgan fingerprint density at radius 2 is 1.73 bits per heavy atom. The van der Waals surface area contributed by atoms with Gasteiger partial charge in [-0.25, -0.2) is 0 Å². The van der Waals surface area contributed by atoms with Crippen LogP contribution in [0.25, 0.3) is 22.0 Å². The number of hydrogen-bond donors (Lipinski definition) is 2. The SMILES string of the molecule is CC(C)c1c(O)cc(-c2cc3ccccc3cn2)c(Br)c1O. The van der Waals surface area contributed by atoms with Crippen molar-refractivity contribution in [3.05, 3.63) is 52.6 Å². The smallest absolute Gasteiger partial charge is 0.137 e. The first kappa shape index (κ1) is 14.9. The van der Waals surface area contributed by atoms with E-state index in [4.69, 9.17) is 0 Å². The lowest BCUT2D eigenvalue weighted by atomic mass is 9.97. The Balaban J connectivity index is 2.22. The molecule has 2 aromatic carbocycles. The van der Waals surface area contributed by atoms with E-state index in [2.05, 4.69) is 20.9 Å². The summed E-state index contributed by atoms with van der Waals surface area (Å²) >= 11 is 3.43. The zero-order chi connectivity index (χ0) is 15.9. The molecule has 0 saturated carbocycles. The Hall–Kier alpha value is -2.07. The highest BCUT2D eigenvalue weighted by molar-refractivity contribution is 9.10. The average molecular weight is 358 g/mol. The van der Waals surface area contributed by atoms with Gasteiger partial charge in [-0.05, 0) is 39.4 Å². The zero-order valence-electron chi connectivity index (χ0n) is 12.3. The highest BCUT2D eigenvalue weighted by Crippen LogP contribution is 2.44. The highest BCUT2D eigenvalue weighted by atomic mass is 79.9. The van der Waals surface area contributed by atoms with Crippen LogP contribution in [0.5, 0.6) is 11.5 Å². The summed E-state index contributed by atoms with van der Waals surface area (Å²) in [7, 11) is 0. The second-order valence-corrected chi connectivity index (χ2v) is 6.38. The van der Waals surface area contributed by atoms with E-state index in [1.165, 1.54) is 0 Å². The van der Waals surface area contributed by atoms with Crippen LogP contribution in [0.3, 0.4) is 0 Å².